The molecule has 0 aliphatic rings. The lowest BCUT2D eigenvalue weighted by molar-refractivity contribution is 0.254. The fourth-order valence-corrected chi connectivity index (χ4v) is 0.920. The minimum absolute atomic E-state index is 0.435. The summed E-state index contributed by atoms with van der Waals surface area (Å²) in [5.41, 5.74) is 4.42. The van der Waals surface area contributed by atoms with Gasteiger partial charge in [-0.3, -0.25) is 4.90 Å². The Bertz CT molecular complexity index is 321. The number of anilines is 1. The summed E-state index contributed by atoms with van der Waals surface area (Å²) in [5, 5.41) is 0. The number of urea groups is 1. The van der Waals surface area contributed by atoms with Gasteiger partial charge >= 0.3 is 6.03 Å². The highest BCUT2D eigenvalue weighted by atomic mass is 19.1. The van der Waals surface area contributed by atoms with Gasteiger partial charge in [0.25, 0.3) is 0 Å². The number of amides is 2. The van der Waals surface area contributed by atoms with Crippen LogP contribution in [0.1, 0.15) is 0 Å². The molecule has 3 nitrogen and oxygen atoms in total. The Balaban J connectivity index is 3.20. The lowest BCUT2D eigenvalue weighted by Gasteiger charge is -2.15. The van der Waals surface area contributed by atoms with E-state index in [2.05, 4.69) is 0 Å². The Hall–Kier alpha value is -1.65. The van der Waals surface area contributed by atoms with Crippen LogP contribution in [0, 0.1) is 11.6 Å². The number of hydrogen-bond acceptors (Lipinski definition) is 1. The Morgan fingerprint density at radius 2 is 1.85 bits per heavy atom. The highest BCUT2D eigenvalue weighted by Gasteiger charge is 2.15. The van der Waals surface area contributed by atoms with Crippen molar-refractivity contribution in [3.05, 3.63) is 29.8 Å². The van der Waals surface area contributed by atoms with Gasteiger partial charge in [0, 0.05) is 7.05 Å². The molecule has 2 N–H and O–H groups in total. The van der Waals surface area contributed by atoms with E-state index in [1.165, 1.54) is 13.1 Å². The van der Waals surface area contributed by atoms with E-state index in [0.29, 0.717) is 4.90 Å². The highest BCUT2D eigenvalue weighted by molar-refractivity contribution is 5.90. The van der Waals surface area contributed by atoms with Crippen LogP contribution in [0.25, 0.3) is 0 Å². The molecule has 0 saturated heterocycles. The zero-order chi connectivity index (χ0) is 10.0. The number of carbonyl (C=O) groups is 1. The largest absolute Gasteiger partial charge is 0.351 e. The van der Waals surface area contributed by atoms with E-state index in [9.17, 15) is 13.6 Å². The van der Waals surface area contributed by atoms with Gasteiger partial charge in [-0.15, -0.1) is 0 Å². The number of carbonyl (C=O) groups excluding carboxylic acids is 1. The number of nitrogens with zero attached hydrogens (tertiary/aromatic N) is 1. The first-order valence-corrected chi connectivity index (χ1v) is 3.51. The first-order valence-electron chi connectivity index (χ1n) is 3.51. The molecule has 0 bridgehead atoms. The fourth-order valence-electron chi connectivity index (χ4n) is 0.920. The average molecular weight is 186 g/mol. The van der Waals surface area contributed by atoms with Crippen LogP contribution in [0.3, 0.4) is 0 Å². The zero-order valence-electron chi connectivity index (χ0n) is 6.92. The summed E-state index contributed by atoms with van der Waals surface area (Å²) in [6.07, 6.45) is 0. The van der Waals surface area contributed by atoms with Crippen LogP contribution in [0.5, 0.6) is 0 Å². The van der Waals surface area contributed by atoms with Gasteiger partial charge in [0.05, 0.1) is 0 Å². The van der Waals surface area contributed by atoms with Crippen LogP contribution in [0.4, 0.5) is 19.3 Å². The summed E-state index contributed by atoms with van der Waals surface area (Å²) >= 11 is 0. The number of nitrogens with two attached hydrogens (primary N) is 1. The second-order valence-electron chi connectivity index (χ2n) is 2.47. The van der Waals surface area contributed by atoms with Gasteiger partial charge in [-0.2, -0.15) is 0 Å². The van der Waals surface area contributed by atoms with Crippen LogP contribution in [0.2, 0.25) is 0 Å². The summed E-state index contributed by atoms with van der Waals surface area (Å²) in [6, 6.07) is 2.41. The second kappa shape index (κ2) is 3.38. The molecule has 0 aliphatic heterocycles. The second-order valence-corrected chi connectivity index (χ2v) is 2.47. The van der Waals surface area contributed by atoms with Crippen molar-refractivity contribution in [1.82, 2.24) is 0 Å². The summed E-state index contributed by atoms with van der Waals surface area (Å²) in [4.78, 5) is 11.3. The highest BCUT2D eigenvalue weighted by Crippen LogP contribution is 2.21. The molecule has 0 heterocycles. The van der Waals surface area contributed by atoms with E-state index >= 15 is 0 Å². The van der Waals surface area contributed by atoms with Gasteiger partial charge in [-0.25, -0.2) is 13.6 Å². The SMILES string of the molecule is CN(C(N)=O)c1c(F)cccc1F. The zero-order valence-corrected chi connectivity index (χ0v) is 6.92. The van der Waals surface area contributed by atoms with E-state index in [0.717, 1.165) is 12.1 Å². The third kappa shape index (κ3) is 1.74. The van der Waals surface area contributed by atoms with Gasteiger partial charge in [-0.1, -0.05) is 6.07 Å². The van der Waals surface area contributed by atoms with Crippen LogP contribution in [0.15, 0.2) is 18.2 Å². The molecule has 2 amide bonds. The molecular formula is C8H8F2N2O. The van der Waals surface area contributed by atoms with E-state index in [-0.39, 0.29) is 0 Å². The summed E-state index contributed by atoms with van der Waals surface area (Å²) in [7, 11) is 1.20. The van der Waals surface area contributed by atoms with Gasteiger partial charge in [0.2, 0.25) is 0 Å². The van der Waals surface area contributed by atoms with Crippen molar-refractivity contribution in [3.63, 3.8) is 0 Å². The first kappa shape index (κ1) is 9.44. The molecule has 13 heavy (non-hydrogen) atoms. The monoisotopic (exact) mass is 186 g/mol. The third-order valence-corrected chi connectivity index (χ3v) is 1.60. The number of benzene rings is 1. The molecule has 70 valence electrons. The molecule has 0 radical (unpaired) electrons. The number of halogens is 2. The predicted octanol–water partition coefficient (Wildman–Crippen LogP) is 1.48. The maximum atomic E-state index is 13.0. The van der Waals surface area contributed by atoms with Gasteiger partial charge < -0.3 is 5.73 Å². The maximum Gasteiger partial charge on any atom is 0.319 e. The minimum Gasteiger partial charge on any atom is -0.351 e. The first-order chi connectivity index (χ1) is 6.04. The molecule has 1 aromatic rings. The van der Waals surface area contributed by atoms with Gasteiger partial charge in [-0.05, 0) is 12.1 Å². The molecule has 0 aliphatic carbocycles. The molecule has 0 spiro atoms. The smallest absolute Gasteiger partial charge is 0.319 e. The molecule has 0 fully saturated rings. The quantitative estimate of drug-likeness (QED) is 0.709. The number of hydrogen-bond donors (Lipinski definition) is 1. The van der Waals surface area contributed by atoms with E-state index < -0.39 is 23.4 Å². The minimum atomic E-state index is -0.913. The summed E-state index contributed by atoms with van der Waals surface area (Å²) in [6.45, 7) is 0. The fraction of sp³-hybridized carbons (Fsp3) is 0.125. The molecule has 0 aromatic heterocycles. The van der Waals surface area contributed by atoms with Crippen LogP contribution in [-0.4, -0.2) is 13.1 Å². The Labute approximate surface area is 73.8 Å². The Morgan fingerprint density at radius 1 is 1.38 bits per heavy atom. The lowest BCUT2D eigenvalue weighted by atomic mass is 10.3. The van der Waals surface area contributed by atoms with Crippen LogP contribution in [-0.2, 0) is 0 Å². The maximum absolute atomic E-state index is 13.0. The lowest BCUT2D eigenvalue weighted by Crippen LogP contribution is -2.33. The van der Waals surface area contributed by atoms with Crippen molar-refractivity contribution in [2.45, 2.75) is 0 Å². The van der Waals surface area contributed by atoms with Crippen molar-refractivity contribution >= 4 is 11.7 Å². The molecule has 1 rings (SSSR count). The standard InChI is InChI=1S/C8H8F2N2O/c1-12(8(11)13)7-5(9)3-2-4-6(7)10/h2-4H,1H3,(H2,11,13). The topological polar surface area (TPSA) is 46.3 Å². The van der Waals surface area contributed by atoms with E-state index in [1.807, 2.05) is 0 Å². The van der Waals surface area contributed by atoms with Crippen molar-refractivity contribution in [1.29, 1.82) is 0 Å². The van der Waals surface area contributed by atoms with Crippen LogP contribution >= 0.6 is 0 Å². The Kier molecular flexibility index (Phi) is 2.46. The van der Waals surface area contributed by atoms with Crippen molar-refractivity contribution in [2.24, 2.45) is 5.73 Å². The van der Waals surface area contributed by atoms with Crippen molar-refractivity contribution in [3.8, 4) is 0 Å². The number of para-hydroxylation sites is 1. The van der Waals surface area contributed by atoms with Crippen molar-refractivity contribution < 1.29 is 13.6 Å². The van der Waals surface area contributed by atoms with Gasteiger partial charge in [0.15, 0.2) is 0 Å². The Morgan fingerprint density at radius 3 is 2.23 bits per heavy atom. The molecule has 0 saturated carbocycles. The van der Waals surface area contributed by atoms with Crippen LogP contribution < -0.4 is 10.6 Å². The number of rotatable bonds is 1. The normalized spacial score (nSPS) is 9.77. The molecule has 1 aromatic carbocycles. The molecule has 5 heteroatoms. The molecule has 0 unspecified atom stereocenters. The number of primary amides is 1. The van der Waals surface area contributed by atoms with E-state index in [4.69, 9.17) is 5.73 Å². The summed E-state index contributed by atoms with van der Waals surface area (Å²) < 4.78 is 25.9. The average Bonchev–Trinajstić information content (AvgIpc) is 2.03. The molecular weight excluding hydrogens is 178 g/mol. The molecule has 0 atom stereocenters. The van der Waals surface area contributed by atoms with Gasteiger partial charge in [0.1, 0.15) is 17.3 Å². The van der Waals surface area contributed by atoms with E-state index in [1.54, 1.807) is 0 Å². The van der Waals surface area contributed by atoms with Crippen molar-refractivity contribution in [2.75, 3.05) is 11.9 Å². The third-order valence-electron chi connectivity index (χ3n) is 1.60. The predicted molar refractivity (Wildman–Crippen MR) is 44.3 cm³/mol. The summed E-state index contributed by atoms with van der Waals surface area (Å²) in [5.74, 6) is -1.64.